The van der Waals surface area contributed by atoms with E-state index < -0.39 is 0 Å². The minimum Gasteiger partial charge on any atom is -0.397 e. The summed E-state index contributed by atoms with van der Waals surface area (Å²) in [5, 5.41) is 12.2. The van der Waals surface area contributed by atoms with E-state index >= 15 is 0 Å². The third-order valence-corrected chi connectivity index (χ3v) is 2.82. The fourth-order valence-corrected chi connectivity index (χ4v) is 1.90. The lowest BCUT2D eigenvalue weighted by Gasteiger charge is -2.08. The van der Waals surface area contributed by atoms with E-state index in [1.807, 2.05) is 6.07 Å². The fraction of sp³-hybridized carbons (Fsp3) is 0.200. The van der Waals surface area contributed by atoms with Crippen LogP contribution in [0.5, 0.6) is 0 Å². The zero-order chi connectivity index (χ0) is 13.7. The largest absolute Gasteiger partial charge is 0.397 e. The van der Waals surface area contributed by atoms with E-state index in [1.54, 1.807) is 12.3 Å². The Morgan fingerprint density at radius 2 is 2.21 bits per heavy atom. The zero-order valence-electron chi connectivity index (χ0n) is 10.9. The van der Waals surface area contributed by atoms with Gasteiger partial charge in [0.1, 0.15) is 11.9 Å². The number of hydrogen-bond acceptors (Lipinski definition) is 4. The first kappa shape index (κ1) is 12.9. The van der Waals surface area contributed by atoms with E-state index in [1.165, 1.54) is 11.1 Å². The molecule has 96 valence electrons. The summed E-state index contributed by atoms with van der Waals surface area (Å²) in [6.07, 6.45) is 2.44. The molecule has 0 radical (unpaired) electrons. The van der Waals surface area contributed by atoms with E-state index in [0.717, 1.165) is 13.0 Å². The molecular weight excluding hydrogens is 236 g/mol. The predicted octanol–water partition coefficient (Wildman–Crippen LogP) is 2.50. The minimum absolute atomic E-state index is 0.476. The number of nitrogens with two attached hydrogens (primary N) is 1. The van der Waals surface area contributed by atoms with Gasteiger partial charge in [0, 0.05) is 6.54 Å². The molecule has 0 atom stereocenters. The third kappa shape index (κ3) is 3.46. The van der Waals surface area contributed by atoms with Crippen molar-refractivity contribution in [2.75, 3.05) is 17.6 Å². The molecule has 4 nitrogen and oxygen atoms in total. The van der Waals surface area contributed by atoms with E-state index in [2.05, 4.69) is 41.5 Å². The molecule has 0 spiro atoms. The second kappa shape index (κ2) is 5.87. The molecule has 2 rings (SSSR count). The minimum atomic E-state index is 0.476. The van der Waals surface area contributed by atoms with Crippen LogP contribution in [0.2, 0.25) is 0 Å². The molecule has 1 aromatic carbocycles. The molecule has 2 aromatic rings. The summed E-state index contributed by atoms with van der Waals surface area (Å²) in [4.78, 5) is 4.14. The quantitative estimate of drug-likeness (QED) is 0.876. The van der Waals surface area contributed by atoms with Crippen LogP contribution in [0.25, 0.3) is 0 Å². The van der Waals surface area contributed by atoms with Crippen molar-refractivity contribution < 1.29 is 0 Å². The average Bonchev–Trinajstić information content (AvgIpc) is 2.40. The van der Waals surface area contributed by atoms with Crippen molar-refractivity contribution in [2.24, 2.45) is 0 Å². The number of nitriles is 1. The number of hydrogen-bond donors (Lipinski definition) is 2. The molecule has 0 fully saturated rings. The van der Waals surface area contributed by atoms with Crippen molar-refractivity contribution in [1.29, 1.82) is 5.26 Å². The first-order valence-corrected chi connectivity index (χ1v) is 6.14. The summed E-state index contributed by atoms with van der Waals surface area (Å²) in [7, 11) is 0. The summed E-state index contributed by atoms with van der Waals surface area (Å²) in [6.45, 7) is 2.81. The lowest BCUT2D eigenvalue weighted by atomic mass is 10.1. The molecule has 0 saturated heterocycles. The first-order valence-electron chi connectivity index (χ1n) is 6.14. The third-order valence-electron chi connectivity index (χ3n) is 2.82. The highest BCUT2D eigenvalue weighted by molar-refractivity contribution is 5.57. The molecule has 1 heterocycles. The van der Waals surface area contributed by atoms with Crippen LogP contribution in [0, 0.1) is 18.3 Å². The molecule has 0 aliphatic carbocycles. The molecule has 0 aliphatic rings. The second-order valence-electron chi connectivity index (χ2n) is 4.44. The smallest absolute Gasteiger partial charge is 0.144 e. The number of aromatic nitrogens is 1. The van der Waals surface area contributed by atoms with Crippen LogP contribution in [0.15, 0.2) is 36.5 Å². The van der Waals surface area contributed by atoms with Crippen LogP contribution in [-0.2, 0) is 6.42 Å². The maximum absolute atomic E-state index is 9.01. The Hall–Kier alpha value is -2.54. The number of benzene rings is 1. The van der Waals surface area contributed by atoms with Crippen molar-refractivity contribution in [3.8, 4) is 6.07 Å². The maximum atomic E-state index is 9.01. The summed E-state index contributed by atoms with van der Waals surface area (Å²) in [5.74, 6) is 0.587. The van der Waals surface area contributed by atoms with Crippen LogP contribution < -0.4 is 11.1 Å². The number of nitrogens with zero attached hydrogens (tertiary/aromatic N) is 2. The maximum Gasteiger partial charge on any atom is 0.144 e. The number of nitrogens with one attached hydrogen (secondary N) is 1. The number of rotatable bonds is 4. The van der Waals surface area contributed by atoms with Crippen molar-refractivity contribution in [3.05, 3.63) is 53.2 Å². The SMILES string of the molecule is Cc1cccc(CCNc2ncc(N)cc2C#N)c1. The zero-order valence-corrected chi connectivity index (χ0v) is 10.9. The lowest BCUT2D eigenvalue weighted by molar-refractivity contribution is 1.00. The van der Waals surface area contributed by atoms with Crippen molar-refractivity contribution >= 4 is 11.5 Å². The Balaban J connectivity index is 1.98. The standard InChI is InChI=1S/C15H16N4/c1-11-3-2-4-12(7-11)5-6-18-15-13(9-16)8-14(17)10-19-15/h2-4,7-8,10H,5-6,17H2,1H3,(H,18,19). The number of nitrogen functional groups attached to an aromatic ring is 1. The second-order valence-corrected chi connectivity index (χ2v) is 4.44. The normalized spacial score (nSPS) is 9.89. The Labute approximate surface area is 112 Å². The van der Waals surface area contributed by atoms with Gasteiger partial charge in [0.2, 0.25) is 0 Å². The highest BCUT2D eigenvalue weighted by Crippen LogP contribution is 2.14. The predicted molar refractivity (Wildman–Crippen MR) is 76.7 cm³/mol. The topological polar surface area (TPSA) is 74.7 Å². The number of pyridine rings is 1. The average molecular weight is 252 g/mol. The van der Waals surface area contributed by atoms with E-state index in [9.17, 15) is 0 Å². The molecule has 19 heavy (non-hydrogen) atoms. The van der Waals surface area contributed by atoms with E-state index in [4.69, 9.17) is 11.0 Å². The van der Waals surface area contributed by atoms with Gasteiger partial charge in [-0.05, 0) is 25.0 Å². The van der Waals surface area contributed by atoms with Crippen LogP contribution in [0.3, 0.4) is 0 Å². The van der Waals surface area contributed by atoms with Crippen LogP contribution >= 0.6 is 0 Å². The highest BCUT2D eigenvalue weighted by atomic mass is 15.0. The van der Waals surface area contributed by atoms with Gasteiger partial charge in [-0.25, -0.2) is 4.98 Å². The van der Waals surface area contributed by atoms with Gasteiger partial charge in [-0.15, -0.1) is 0 Å². The Kier molecular flexibility index (Phi) is 3.99. The summed E-state index contributed by atoms with van der Waals surface area (Å²) < 4.78 is 0. The Morgan fingerprint density at radius 3 is 2.95 bits per heavy atom. The van der Waals surface area contributed by atoms with Crippen molar-refractivity contribution in [2.45, 2.75) is 13.3 Å². The van der Waals surface area contributed by atoms with Gasteiger partial charge in [-0.2, -0.15) is 5.26 Å². The molecular formula is C15H16N4. The molecule has 0 unspecified atom stereocenters. The molecule has 0 bridgehead atoms. The Morgan fingerprint density at radius 1 is 1.37 bits per heavy atom. The molecule has 4 heteroatoms. The van der Waals surface area contributed by atoms with Crippen LogP contribution in [-0.4, -0.2) is 11.5 Å². The van der Waals surface area contributed by atoms with E-state index in [-0.39, 0.29) is 0 Å². The van der Waals surface area contributed by atoms with Crippen molar-refractivity contribution in [1.82, 2.24) is 4.98 Å². The lowest BCUT2D eigenvalue weighted by Crippen LogP contribution is -2.08. The van der Waals surface area contributed by atoms with Crippen LogP contribution in [0.4, 0.5) is 11.5 Å². The van der Waals surface area contributed by atoms with Gasteiger partial charge >= 0.3 is 0 Å². The van der Waals surface area contributed by atoms with Crippen LogP contribution in [0.1, 0.15) is 16.7 Å². The number of aryl methyl sites for hydroxylation is 1. The molecule has 0 amide bonds. The molecule has 0 aliphatic heterocycles. The monoisotopic (exact) mass is 252 g/mol. The molecule has 1 aromatic heterocycles. The summed E-state index contributed by atoms with van der Waals surface area (Å²) >= 11 is 0. The first-order chi connectivity index (χ1) is 9.19. The van der Waals surface area contributed by atoms with Gasteiger partial charge in [-0.3, -0.25) is 0 Å². The van der Waals surface area contributed by atoms with Gasteiger partial charge in [0.15, 0.2) is 0 Å². The Bertz CT molecular complexity index is 614. The summed E-state index contributed by atoms with van der Waals surface area (Å²) in [6, 6.07) is 12.1. The van der Waals surface area contributed by atoms with Gasteiger partial charge in [0.25, 0.3) is 0 Å². The summed E-state index contributed by atoms with van der Waals surface area (Å²) in [5.41, 5.74) is 9.09. The van der Waals surface area contributed by atoms with Gasteiger partial charge < -0.3 is 11.1 Å². The van der Waals surface area contributed by atoms with E-state index in [0.29, 0.717) is 17.1 Å². The highest BCUT2D eigenvalue weighted by Gasteiger charge is 2.03. The fourth-order valence-electron chi connectivity index (χ4n) is 1.90. The molecule has 0 saturated carbocycles. The van der Waals surface area contributed by atoms with Gasteiger partial charge in [0.05, 0.1) is 17.4 Å². The number of anilines is 2. The molecule has 3 N–H and O–H groups in total. The van der Waals surface area contributed by atoms with Crippen molar-refractivity contribution in [3.63, 3.8) is 0 Å². The van der Waals surface area contributed by atoms with Gasteiger partial charge in [-0.1, -0.05) is 29.8 Å².